The second kappa shape index (κ2) is 3.06. The van der Waals surface area contributed by atoms with Crippen LogP contribution in [-0.2, 0) is 14.8 Å². The summed E-state index contributed by atoms with van der Waals surface area (Å²) in [6.45, 7) is 0. The summed E-state index contributed by atoms with van der Waals surface area (Å²) in [5.41, 5.74) is 0.419. The van der Waals surface area contributed by atoms with Gasteiger partial charge < -0.3 is 0 Å². The number of nitrogens with two attached hydrogens (primary N) is 1. The molecule has 4 nitrogen and oxygen atoms in total. The van der Waals surface area contributed by atoms with Crippen molar-refractivity contribution in [2.75, 3.05) is 0 Å². The molecule has 0 saturated carbocycles. The summed E-state index contributed by atoms with van der Waals surface area (Å²) >= 11 is 0. The third-order valence-corrected chi connectivity index (χ3v) is 2.39. The van der Waals surface area contributed by atoms with Crippen molar-refractivity contribution in [2.24, 2.45) is 5.14 Å². The molecule has 0 atom stereocenters. The molecule has 0 heterocycles. The Labute approximate surface area is 70.1 Å². The highest BCUT2D eigenvalue weighted by Gasteiger charge is 2.11. The van der Waals surface area contributed by atoms with Crippen LogP contribution in [0.15, 0.2) is 28.7 Å². The molecule has 0 bridgehead atoms. The van der Waals surface area contributed by atoms with Crippen molar-refractivity contribution in [3.05, 3.63) is 28.7 Å². The lowest BCUT2D eigenvalue weighted by atomic mass is 10.1. The highest BCUT2D eigenvalue weighted by atomic mass is 32.2. The van der Waals surface area contributed by atoms with Crippen LogP contribution in [0.2, 0.25) is 0 Å². The normalized spacial score (nSPS) is 17.1. The number of primary sulfonamides is 1. The first-order valence-electron chi connectivity index (χ1n) is 3.19. The zero-order valence-electron chi connectivity index (χ0n) is 6.15. The van der Waals surface area contributed by atoms with Crippen LogP contribution in [0.5, 0.6) is 0 Å². The number of hydrogen-bond acceptors (Lipinski definition) is 3. The van der Waals surface area contributed by atoms with E-state index < -0.39 is 10.0 Å². The Balaban J connectivity index is 3.00. The van der Waals surface area contributed by atoms with Crippen LogP contribution < -0.4 is 5.14 Å². The van der Waals surface area contributed by atoms with E-state index in [2.05, 4.69) is 0 Å². The van der Waals surface area contributed by atoms with E-state index in [1.165, 1.54) is 18.2 Å². The van der Waals surface area contributed by atoms with Gasteiger partial charge in [0, 0.05) is 12.0 Å². The molecule has 0 unspecified atom stereocenters. The number of rotatable bonds is 1. The van der Waals surface area contributed by atoms with Crippen molar-refractivity contribution in [2.45, 2.75) is 6.42 Å². The van der Waals surface area contributed by atoms with Crippen LogP contribution in [-0.4, -0.2) is 14.4 Å². The van der Waals surface area contributed by atoms with Crippen LogP contribution in [0.3, 0.4) is 0 Å². The Kier molecular flexibility index (Phi) is 2.28. The van der Waals surface area contributed by atoms with Gasteiger partial charge in [0.1, 0.15) is 5.94 Å². The van der Waals surface area contributed by atoms with Gasteiger partial charge in [0.15, 0.2) is 0 Å². The second-order valence-electron chi connectivity index (χ2n) is 2.32. The summed E-state index contributed by atoms with van der Waals surface area (Å²) in [7, 11) is -3.63. The van der Waals surface area contributed by atoms with Gasteiger partial charge in [-0.1, -0.05) is 6.08 Å². The fraction of sp³-hybridized carbons (Fsp3) is 0.143. The van der Waals surface area contributed by atoms with Crippen molar-refractivity contribution in [1.82, 2.24) is 0 Å². The topological polar surface area (TPSA) is 77.2 Å². The maximum atomic E-state index is 10.7. The highest BCUT2D eigenvalue weighted by Crippen LogP contribution is 2.15. The van der Waals surface area contributed by atoms with E-state index in [9.17, 15) is 13.2 Å². The van der Waals surface area contributed by atoms with Crippen LogP contribution in [0.1, 0.15) is 6.42 Å². The van der Waals surface area contributed by atoms with Gasteiger partial charge in [-0.15, -0.1) is 0 Å². The first-order chi connectivity index (χ1) is 5.54. The minimum Gasteiger partial charge on any atom is -0.233 e. The van der Waals surface area contributed by atoms with Crippen molar-refractivity contribution >= 4 is 16.0 Å². The van der Waals surface area contributed by atoms with E-state index in [1.807, 2.05) is 0 Å². The van der Waals surface area contributed by atoms with Gasteiger partial charge in [-0.05, 0) is 12.2 Å². The molecule has 5 heteroatoms. The zero-order chi connectivity index (χ0) is 9.19. The lowest BCUT2D eigenvalue weighted by molar-refractivity contribution is 0.567. The van der Waals surface area contributed by atoms with Crippen molar-refractivity contribution in [3.8, 4) is 0 Å². The van der Waals surface area contributed by atoms with E-state index in [-0.39, 0.29) is 11.3 Å². The molecule has 2 N–H and O–H groups in total. The molecule has 0 aromatic rings. The molecule has 64 valence electrons. The van der Waals surface area contributed by atoms with Gasteiger partial charge in [-0.2, -0.15) is 0 Å². The first-order valence-corrected chi connectivity index (χ1v) is 4.73. The molecule has 1 rings (SSSR count). The molecule has 0 aromatic carbocycles. The highest BCUT2D eigenvalue weighted by molar-refractivity contribution is 7.93. The molecule has 0 aromatic heterocycles. The van der Waals surface area contributed by atoms with Gasteiger partial charge in [0.2, 0.25) is 10.0 Å². The largest absolute Gasteiger partial charge is 0.237 e. The van der Waals surface area contributed by atoms with Crippen LogP contribution in [0.25, 0.3) is 0 Å². The molecule has 0 radical (unpaired) electrons. The van der Waals surface area contributed by atoms with E-state index in [1.54, 1.807) is 5.94 Å². The zero-order valence-corrected chi connectivity index (χ0v) is 6.97. The molecule has 0 saturated heterocycles. The summed E-state index contributed by atoms with van der Waals surface area (Å²) < 4.78 is 21.5. The summed E-state index contributed by atoms with van der Waals surface area (Å²) in [5, 5.41) is 4.84. The molecule has 12 heavy (non-hydrogen) atoms. The van der Waals surface area contributed by atoms with Crippen LogP contribution >= 0.6 is 0 Å². The molecule has 0 amide bonds. The molecule has 0 spiro atoms. The lowest BCUT2D eigenvalue weighted by Gasteiger charge is -2.03. The number of allylic oxidation sites excluding steroid dienone is 4. The lowest BCUT2D eigenvalue weighted by Crippen LogP contribution is -2.14. The predicted molar refractivity (Wildman–Crippen MR) is 44.2 cm³/mol. The molecule has 0 aliphatic heterocycles. The van der Waals surface area contributed by atoms with Gasteiger partial charge >= 0.3 is 0 Å². The Bertz CT molecular complexity index is 396. The summed E-state index contributed by atoms with van der Waals surface area (Å²) in [6, 6.07) is 0. The maximum Gasteiger partial charge on any atom is 0.237 e. The van der Waals surface area contributed by atoms with Gasteiger partial charge in [-0.25, -0.2) is 18.4 Å². The van der Waals surface area contributed by atoms with E-state index >= 15 is 0 Å². The third-order valence-electron chi connectivity index (χ3n) is 1.43. The molecule has 1 aliphatic rings. The van der Waals surface area contributed by atoms with E-state index in [4.69, 9.17) is 5.14 Å². The van der Waals surface area contributed by atoms with Crippen molar-refractivity contribution in [1.29, 1.82) is 0 Å². The number of carbonyl (C=O) groups excluding carboxylic acids is 1. The average molecular weight is 185 g/mol. The SMILES string of the molecule is NS(=O)(=O)C1=CCC(=C=O)C=C1. The summed E-state index contributed by atoms with van der Waals surface area (Å²) in [4.78, 5) is 10.1. The molecular formula is C7H7NO3S. The van der Waals surface area contributed by atoms with Gasteiger partial charge in [0.25, 0.3) is 0 Å². The Morgan fingerprint density at radius 1 is 1.42 bits per heavy atom. The van der Waals surface area contributed by atoms with E-state index in [0.29, 0.717) is 5.57 Å². The Hall–Kier alpha value is -1.16. The quantitative estimate of drug-likeness (QED) is 0.578. The molecular weight excluding hydrogens is 178 g/mol. The van der Waals surface area contributed by atoms with E-state index in [0.717, 1.165) is 0 Å². The number of sulfonamides is 1. The second-order valence-corrected chi connectivity index (χ2v) is 3.88. The maximum absolute atomic E-state index is 10.7. The Morgan fingerprint density at radius 2 is 2.08 bits per heavy atom. The van der Waals surface area contributed by atoms with Crippen LogP contribution in [0.4, 0.5) is 0 Å². The van der Waals surface area contributed by atoms with Crippen molar-refractivity contribution < 1.29 is 13.2 Å². The smallest absolute Gasteiger partial charge is 0.233 e. The fourth-order valence-electron chi connectivity index (χ4n) is 0.816. The van der Waals surface area contributed by atoms with Gasteiger partial charge in [0.05, 0.1) is 4.91 Å². The average Bonchev–Trinajstić information content (AvgIpc) is 2.03. The summed E-state index contributed by atoms with van der Waals surface area (Å²) in [5.74, 6) is 1.68. The first kappa shape index (κ1) is 8.93. The monoisotopic (exact) mass is 185 g/mol. The third kappa shape index (κ3) is 1.92. The Morgan fingerprint density at radius 3 is 2.42 bits per heavy atom. The van der Waals surface area contributed by atoms with Crippen LogP contribution in [0, 0.1) is 0 Å². The minimum absolute atomic E-state index is 0.0431. The number of hydrogen-bond donors (Lipinski definition) is 1. The van der Waals surface area contributed by atoms with Crippen molar-refractivity contribution in [3.63, 3.8) is 0 Å². The van der Waals surface area contributed by atoms with Gasteiger partial charge in [-0.3, -0.25) is 0 Å². The summed E-state index contributed by atoms with van der Waals surface area (Å²) in [6.07, 6.45) is 4.34. The molecule has 0 fully saturated rings. The fourth-order valence-corrected chi connectivity index (χ4v) is 1.39. The molecule has 1 aliphatic carbocycles. The minimum atomic E-state index is -3.63. The predicted octanol–water partition coefficient (Wildman–Crippen LogP) is -0.123. The standard InChI is InChI=1S/C7H7NO3S/c8-12(10,11)7-3-1-6(5-9)2-4-7/h1,3-4H,2H2,(H2,8,10,11).